The molecule has 3 heterocycles. The van der Waals surface area contributed by atoms with Crippen LogP contribution in [-0.4, -0.2) is 56.1 Å². The third kappa shape index (κ3) is 4.76. The molecule has 1 saturated heterocycles. The number of carbonyl (C=O) groups excluding carboxylic acids is 1. The number of hydrogen-bond acceptors (Lipinski definition) is 5. The van der Waals surface area contributed by atoms with E-state index in [-0.39, 0.29) is 18.1 Å². The molecule has 1 aliphatic heterocycles. The van der Waals surface area contributed by atoms with Gasteiger partial charge in [-0.3, -0.25) is 19.5 Å². The molecule has 170 valence electrons. The molecule has 2 atom stereocenters. The Kier molecular flexibility index (Phi) is 6.43. The molecular weight excluding hydrogens is 404 g/mol. The summed E-state index contributed by atoms with van der Waals surface area (Å²) in [6.07, 6.45) is 0.458. The van der Waals surface area contributed by atoms with Crippen LogP contribution in [0.25, 0.3) is 11.3 Å². The molecule has 1 aliphatic rings. The number of H-pyrrole nitrogens is 1. The number of rotatable bonds is 6. The van der Waals surface area contributed by atoms with Crippen molar-refractivity contribution in [3.05, 3.63) is 58.5 Å². The van der Waals surface area contributed by atoms with Crippen LogP contribution in [0, 0.1) is 13.8 Å². The van der Waals surface area contributed by atoms with Crippen molar-refractivity contribution < 1.29 is 9.53 Å². The smallest absolute Gasteiger partial charge is 0.269 e. The number of benzene rings is 1. The number of carbonyl (C=O) groups is 1. The van der Waals surface area contributed by atoms with Crippen LogP contribution in [0.1, 0.15) is 46.9 Å². The normalized spacial score (nSPS) is 19.3. The molecule has 1 amide bonds. The van der Waals surface area contributed by atoms with Crippen molar-refractivity contribution in [1.82, 2.24) is 30.2 Å². The van der Waals surface area contributed by atoms with Gasteiger partial charge in [-0.05, 0) is 44.9 Å². The van der Waals surface area contributed by atoms with Gasteiger partial charge in [0.15, 0.2) is 0 Å². The fraction of sp³-hybridized carbons (Fsp3) is 0.458. The predicted octanol–water partition coefficient (Wildman–Crippen LogP) is 2.97. The quantitative estimate of drug-likeness (QED) is 0.620. The lowest BCUT2D eigenvalue weighted by Gasteiger charge is -2.35. The largest absolute Gasteiger partial charge is 0.373 e. The first-order chi connectivity index (χ1) is 15.3. The van der Waals surface area contributed by atoms with E-state index < -0.39 is 0 Å². The Balaban J connectivity index is 1.42. The molecule has 1 aromatic carbocycles. The SMILES string of the molecule is Cc1nn(C)c(C)c1-c1cc(C(=O)NCc2ccccc2CN2CC(C)OC(C)C2)[nH]n1. The predicted molar refractivity (Wildman–Crippen MR) is 123 cm³/mol. The Bertz CT molecular complexity index is 1090. The van der Waals surface area contributed by atoms with Crippen LogP contribution >= 0.6 is 0 Å². The number of aryl methyl sites for hydroxylation is 2. The second-order valence-electron chi connectivity index (χ2n) is 8.74. The first kappa shape index (κ1) is 22.2. The number of nitrogens with one attached hydrogen (secondary N) is 2. The second-order valence-corrected chi connectivity index (χ2v) is 8.74. The van der Waals surface area contributed by atoms with Crippen molar-refractivity contribution in [1.29, 1.82) is 0 Å². The van der Waals surface area contributed by atoms with Gasteiger partial charge in [-0.1, -0.05) is 24.3 Å². The van der Waals surface area contributed by atoms with E-state index in [2.05, 4.69) is 51.5 Å². The molecule has 0 spiro atoms. The molecule has 0 saturated carbocycles. The number of aromatic nitrogens is 4. The monoisotopic (exact) mass is 436 g/mol. The van der Waals surface area contributed by atoms with Crippen LogP contribution in [0.5, 0.6) is 0 Å². The highest BCUT2D eigenvalue weighted by atomic mass is 16.5. The van der Waals surface area contributed by atoms with Crippen LogP contribution in [0.3, 0.4) is 0 Å². The van der Waals surface area contributed by atoms with E-state index in [1.54, 1.807) is 6.07 Å². The van der Waals surface area contributed by atoms with E-state index >= 15 is 0 Å². The first-order valence-corrected chi connectivity index (χ1v) is 11.1. The van der Waals surface area contributed by atoms with Gasteiger partial charge in [-0.15, -0.1) is 0 Å². The summed E-state index contributed by atoms with van der Waals surface area (Å²) >= 11 is 0. The molecule has 2 aromatic heterocycles. The van der Waals surface area contributed by atoms with Gasteiger partial charge in [0.05, 0.1) is 23.6 Å². The van der Waals surface area contributed by atoms with Crippen molar-refractivity contribution in [3.63, 3.8) is 0 Å². The van der Waals surface area contributed by atoms with E-state index in [1.165, 1.54) is 5.56 Å². The number of ether oxygens (including phenoxy) is 1. The van der Waals surface area contributed by atoms with Gasteiger partial charge in [0.1, 0.15) is 5.69 Å². The Labute approximate surface area is 189 Å². The van der Waals surface area contributed by atoms with Crippen molar-refractivity contribution in [2.45, 2.75) is 53.0 Å². The van der Waals surface area contributed by atoms with Gasteiger partial charge >= 0.3 is 0 Å². The summed E-state index contributed by atoms with van der Waals surface area (Å²) < 4.78 is 7.67. The van der Waals surface area contributed by atoms with Gasteiger partial charge in [0, 0.05) is 44.5 Å². The van der Waals surface area contributed by atoms with Crippen LogP contribution in [0.15, 0.2) is 30.3 Å². The van der Waals surface area contributed by atoms with E-state index in [0.29, 0.717) is 12.2 Å². The molecular formula is C24H32N6O2. The summed E-state index contributed by atoms with van der Waals surface area (Å²) in [7, 11) is 1.90. The molecule has 8 heteroatoms. The number of hydrogen-bond donors (Lipinski definition) is 2. The molecule has 3 aromatic rings. The number of nitrogens with zero attached hydrogens (tertiary/aromatic N) is 4. The molecule has 0 aliphatic carbocycles. The maximum absolute atomic E-state index is 12.8. The maximum Gasteiger partial charge on any atom is 0.269 e. The molecule has 1 fully saturated rings. The topological polar surface area (TPSA) is 88.1 Å². The fourth-order valence-electron chi connectivity index (χ4n) is 4.52. The zero-order chi connectivity index (χ0) is 22.8. The maximum atomic E-state index is 12.8. The van der Waals surface area contributed by atoms with Crippen LogP contribution in [0.4, 0.5) is 0 Å². The Morgan fingerprint density at radius 2 is 1.88 bits per heavy atom. The van der Waals surface area contributed by atoms with Crippen LogP contribution in [-0.2, 0) is 24.9 Å². The lowest BCUT2D eigenvalue weighted by molar-refractivity contribution is -0.0705. The van der Waals surface area contributed by atoms with Gasteiger partial charge in [-0.2, -0.15) is 10.2 Å². The minimum absolute atomic E-state index is 0.175. The summed E-state index contributed by atoms with van der Waals surface area (Å²) in [6.45, 7) is 11.3. The number of amides is 1. The molecule has 32 heavy (non-hydrogen) atoms. The molecule has 0 radical (unpaired) electrons. The van der Waals surface area contributed by atoms with Crippen LogP contribution < -0.4 is 5.32 Å². The lowest BCUT2D eigenvalue weighted by Crippen LogP contribution is -2.45. The van der Waals surface area contributed by atoms with Gasteiger partial charge in [0.2, 0.25) is 0 Å². The fourth-order valence-corrected chi connectivity index (χ4v) is 4.52. The first-order valence-electron chi connectivity index (χ1n) is 11.1. The summed E-state index contributed by atoms with van der Waals surface area (Å²) in [6, 6.07) is 10.1. The van der Waals surface area contributed by atoms with Crippen LogP contribution in [0.2, 0.25) is 0 Å². The molecule has 2 unspecified atom stereocenters. The molecule has 4 rings (SSSR count). The highest BCUT2D eigenvalue weighted by molar-refractivity contribution is 5.93. The molecule has 2 N–H and O–H groups in total. The van der Waals surface area contributed by atoms with Gasteiger partial charge < -0.3 is 10.1 Å². The minimum atomic E-state index is -0.175. The average Bonchev–Trinajstić information content (AvgIpc) is 3.30. The third-order valence-corrected chi connectivity index (χ3v) is 6.03. The zero-order valence-electron chi connectivity index (χ0n) is 19.5. The highest BCUT2D eigenvalue weighted by Gasteiger charge is 2.23. The lowest BCUT2D eigenvalue weighted by atomic mass is 10.1. The Hall–Kier alpha value is -2.97. The van der Waals surface area contributed by atoms with Crippen molar-refractivity contribution in [2.75, 3.05) is 13.1 Å². The van der Waals surface area contributed by atoms with E-state index in [0.717, 1.165) is 47.8 Å². The Morgan fingerprint density at radius 3 is 2.53 bits per heavy atom. The second kappa shape index (κ2) is 9.26. The molecule has 8 nitrogen and oxygen atoms in total. The summed E-state index contributed by atoms with van der Waals surface area (Å²) in [5.41, 5.74) is 6.38. The van der Waals surface area contributed by atoms with Crippen molar-refractivity contribution >= 4 is 5.91 Å². The zero-order valence-corrected chi connectivity index (χ0v) is 19.5. The highest BCUT2D eigenvalue weighted by Crippen LogP contribution is 2.25. The van der Waals surface area contributed by atoms with E-state index in [1.807, 2.05) is 37.7 Å². The van der Waals surface area contributed by atoms with Crippen molar-refractivity contribution in [3.8, 4) is 11.3 Å². The Morgan fingerprint density at radius 1 is 1.19 bits per heavy atom. The standard InChI is InChI=1S/C24H32N6O2/c1-15-12-30(13-16(2)32-15)14-20-9-7-6-8-19(20)11-25-24(31)22-10-21(26-27-22)23-17(3)28-29(5)18(23)4/h6-10,15-16H,11-14H2,1-5H3,(H,25,31)(H,26,27). The van der Waals surface area contributed by atoms with E-state index in [4.69, 9.17) is 4.74 Å². The minimum Gasteiger partial charge on any atom is -0.373 e. The van der Waals surface area contributed by atoms with E-state index in [9.17, 15) is 4.79 Å². The number of morpholine rings is 1. The summed E-state index contributed by atoms with van der Waals surface area (Å²) in [5, 5.41) is 14.7. The number of aromatic amines is 1. The van der Waals surface area contributed by atoms with Crippen molar-refractivity contribution in [2.24, 2.45) is 7.05 Å². The van der Waals surface area contributed by atoms with Gasteiger partial charge in [0.25, 0.3) is 5.91 Å². The van der Waals surface area contributed by atoms with Gasteiger partial charge in [-0.25, -0.2) is 0 Å². The summed E-state index contributed by atoms with van der Waals surface area (Å²) in [5.74, 6) is -0.175. The molecule has 0 bridgehead atoms. The third-order valence-electron chi connectivity index (χ3n) is 6.03. The summed E-state index contributed by atoms with van der Waals surface area (Å²) in [4.78, 5) is 15.2. The average molecular weight is 437 g/mol.